The van der Waals surface area contributed by atoms with Crippen LogP contribution in [0.4, 0.5) is 5.69 Å². The molecule has 0 saturated heterocycles. The van der Waals surface area contributed by atoms with Crippen LogP contribution in [-0.2, 0) is 0 Å². The number of benzene rings is 1. The van der Waals surface area contributed by atoms with E-state index in [2.05, 4.69) is 30.2 Å². The second kappa shape index (κ2) is 5.87. The summed E-state index contributed by atoms with van der Waals surface area (Å²) < 4.78 is 0. The van der Waals surface area contributed by atoms with Crippen LogP contribution in [0.15, 0.2) is 36.0 Å². The molecule has 92 valence electrons. The predicted molar refractivity (Wildman–Crippen MR) is 68.9 cm³/mol. The maximum absolute atomic E-state index is 5.84. The van der Waals surface area contributed by atoms with Crippen molar-refractivity contribution in [1.29, 1.82) is 0 Å². The molecule has 4 heteroatoms. The van der Waals surface area contributed by atoms with Gasteiger partial charge in [0.15, 0.2) is 11.8 Å². The van der Waals surface area contributed by atoms with Gasteiger partial charge in [0.25, 0.3) is 0 Å². The van der Waals surface area contributed by atoms with E-state index in [0.717, 1.165) is 17.1 Å². The van der Waals surface area contributed by atoms with Crippen molar-refractivity contribution in [1.82, 2.24) is 0 Å². The largest absolute Gasteiger partial charge is 1.00 e. The molecule has 2 nitrogen and oxygen atoms in total. The number of rotatable bonds is 2. The minimum atomic E-state index is 0. The third-order valence-corrected chi connectivity index (χ3v) is 2.79. The highest BCUT2D eigenvalue weighted by Crippen LogP contribution is 2.19. The predicted octanol–water partition coefficient (Wildman–Crippen LogP) is -1.03. The molecular formula is C13H16ClIN2. The van der Waals surface area contributed by atoms with Gasteiger partial charge in [0.1, 0.15) is 0 Å². The van der Waals surface area contributed by atoms with Crippen molar-refractivity contribution in [3.63, 3.8) is 0 Å². The molecule has 0 unspecified atom stereocenters. The van der Waals surface area contributed by atoms with E-state index in [1.165, 1.54) is 5.70 Å². The lowest BCUT2D eigenvalue weighted by Gasteiger charge is -2.20. The highest BCUT2D eigenvalue weighted by molar-refractivity contribution is 6.30. The van der Waals surface area contributed by atoms with Crippen molar-refractivity contribution in [3.05, 3.63) is 41.1 Å². The topological polar surface area (TPSA) is 26.0 Å². The van der Waals surface area contributed by atoms with Crippen LogP contribution in [0.5, 0.6) is 0 Å². The van der Waals surface area contributed by atoms with Crippen LogP contribution in [0.25, 0.3) is 0 Å². The molecule has 2 N–H and O–H groups in total. The lowest BCUT2D eigenvalue weighted by atomic mass is 9.97. The lowest BCUT2D eigenvalue weighted by Crippen LogP contribution is -3.00. The minimum absolute atomic E-state index is 0. The Hall–Kier alpha value is -0.550. The van der Waals surface area contributed by atoms with E-state index in [-0.39, 0.29) is 29.5 Å². The van der Waals surface area contributed by atoms with E-state index >= 15 is 0 Å². The highest BCUT2D eigenvalue weighted by Gasteiger charge is 2.25. The fraction of sp³-hybridized carbons (Fsp3) is 0.308. The Kier molecular flexibility index (Phi) is 5.01. The molecule has 1 aliphatic heterocycles. The molecule has 0 spiro atoms. The molecule has 17 heavy (non-hydrogen) atoms. The summed E-state index contributed by atoms with van der Waals surface area (Å²) in [4.78, 5) is 3.32. The van der Waals surface area contributed by atoms with Crippen LogP contribution in [-0.4, -0.2) is 11.8 Å². The number of anilines is 1. The molecule has 1 aromatic rings. The van der Waals surface area contributed by atoms with E-state index in [1.54, 1.807) is 0 Å². The summed E-state index contributed by atoms with van der Waals surface area (Å²) in [5.41, 5.74) is 2.40. The van der Waals surface area contributed by atoms with Gasteiger partial charge in [-0.3, -0.25) is 0 Å². The molecule has 0 bridgehead atoms. The van der Waals surface area contributed by atoms with Gasteiger partial charge in [-0.2, -0.15) is 0 Å². The molecular weight excluding hydrogens is 347 g/mol. The van der Waals surface area contributed by atoms with Gasteiger partial charge >= 0.3 is 0 Å². The fourth-order valence-electron chi connectivity index (χ4n) is 1.76. The summed E-state index contributed by atoms with van der Waals surface area (Å²) in [7, 11) is 0. The van der Waals surface area contributed by atoms with Gasteiger partial charge in [0.2, 0.25) is 0 Å². The Labute approximate surface area is 124 Å². The summed E-state index contributed by atoms with van der Waals surface area (Å²) in [5.74, 6) is 0. The second-order valence-corrected chi connectivity index (χ2v) is 5.13. The molecule has 1 heterocycles. The van der Waals surface area contributed by atoms with Gasteiger partial charge < -0.3 is 29.3 Å². The van der Waals surface area contributed by atoms with E-state index in [1.807, 2.05) is 30.5 Å². The van der Waals surface area contributed by atoms with Crippen molar-refractivity contribution >= 4 is 23.5 Å². The summed E-state index contributed by atoms with van der Waals surface area (Å²) in [6.45, 7) is 4.36. The molecule has 1 aliphatic rings. The zero-order valence-electron chi connectivity index (χ0n) is 9.93. The maximum Gasteiger partial charge on any atom is 0.163 e. The summed E-state index contributed by atoms with van der Waals surface area (Å²) in [6.07, 6.45) is 5.04. The van der Waals surface area contributed by atoms with E-state index in [0.29, 0.717) is 0 Å². The molecule has 0 aromatic heterocycles. The lowest BCUT2D eigenvalue weighted by molar-refractivity contribution is -0.540. The molecule has 0 fully saturated rings. The maximum atomic E-state index is 5.84. The van der Waals surface area contributed by atoms with Crippen molar-refractivity contribution in [3.8, 4) is 0 Å². The SMILES string of the molecule is CC1(C)CC(Nc2ccc(Cl)cc2)=CC=[NH+]1.[I-]. The summed E-state index contributed by atoms with van der Waals surface area (Å²) >= 11 is 5.84. The van der Waals surface area contributed by atoms with Crippen LogP contribution in [0.3, 0.4) is 0 Å². The standard InChI is InChI=1S/C13H15ClN2.HI/c1-13(2)9-12(7-8-15-13)16-11-5-3-10(14)4-6-11;/h3-8,16H,9H2,1-2H3;1H. The second-order valence-electron chi connectivity index (χ2n) is 4.70. The molecule has 0 amide bonds. The van der Waals surface area contributed by atoms with Crippen molar-refractivity contribution in [2.45, 2.75) is 25.8 Å². The quantitative estimate of drug-likeness (QED) is 0.647. The van der Waals surface area contributed by atoms with Gasteiger partial charge in [0.05, 0.1) is 6.42 Å². The van der Waals surface area contributed by atoms with Crippen molar-refractivity contribution in [2.24, 2.45) is 0 Å². The van der Waals surface area contributed by atoms with E-state index in [4.69, 9.17) is 11.6 Å². The van der Waals surface area contributed by atoms with Crippen molar-refractivity contribution < 1.29 is 29.0 Å². The first-order chi connectivity index (χ1) is 7.55. The third kappa shape index (κ3) is 4.32. The van der Waals surface area contributed by atoms with Crippen LogP contribution < -0.4 is 34.3 Å². The average Bonchev–Trinajstić information content (AvgIpc) is 2.20. The van der Waals surface area contributed by atoms with Gasteiger partial charge in [-0.05, 0) is 24.3 Å². The van der Waals surface area contributed by atoms with Gasteiger partial charge in [-0.15, -0.1) is 0 Å². The first kappa shape index (κ1) is 14.5. The Morgan fingerprint density at radius 1 is 1.24 bits per heavy atom. The molecule has 0 saturated carbocycles. The summed E-state index contributed by atoms with van der Waals surface area (Å²) in [5, 5.41) is 4.16. The number of hydrogen-bond acceptors (Lipinski definition) is 1. The van der Waals surface area contributed by atoms with E-state index < -0.39 is 0 Å². The average molecular weight is 363 g/mol. The number of hydrogen-bond donors (Lipinski definition) is 2. The zero-order chi connectivity index (χ0) is 11.6. The fourth-order valence-corrected chi connectivity index (χ4v) is 1.88. The highest BCUT2D eigenvalue weighted by atomic mass is 127. The zero-order valence-corrected chi connectivity index (χ0v) is 12.8. The number of allylic oxidation sites excluding steroid dienone is 1. The summed E-state index contributed by atoms with van der Waals surface area (Å²) in [6, 6.07) is 7.75. The van der Waals surface area contributed by atoms with Crippen molar-refractivity contribution in [2.75, 3.05) is 5.32 Å². The number of halogens is 2. The molecule has 0 aliphatic carbocycles. The van der Waals surface area contributed by atoms with E-state index in [9.17, 15) is 0 Å². The Morgan fingerprint density at radius 2 is 1.88 bits per heavy atom. The molecule has 2 rings (SSSR count). The smallest absolute Gasteiger partial charge is 0.163 e. The van der Waals surface area contributed by atoms with Crippen LogP contribution >= 0.6 is 11.6 Å². The van der Waals surface area contributed by atoms with Crippen LogP contribution in [0, 0.1) is 0 Å². The van der Waals surface area contributed by atoms with Crippen LogP contribution in [0.2, 0.25) is 5.02 Å². The first-order valence-corrected chi connectivity index (χ1v) is 5.76. The molecule has 0 atom stereocenters. The molecule has 1 aromatic carbocycles. The minimum Gasteiger partial charge on any atom is -1.00 e. The normalized spacial score (nSPS) is 17.0. The van der Waals surface area contributed by atoms with Gasteiger partial charge in [-0.1, -0.05) is 11.6 Å². The third-order valence-electron chi connectivity index (χ3n) is 2.54. The molecule has 0 radical (unpaired) electrons. The Bertz CT molecular complexity index is 435. The Morgan fingerprint density at radius 3 is 2.47 bits per heavy atom. The number of nitrogens with one attached hydrogen (secondary N) is 2. The first-order valence-electron chi connectivity index (χ1n) is 5.38. The van der Waals surface area contributed by atoms with Crippen LogP contribution in [0.1, 0.15) is 20.3 Å². The van der Waals surface area contributed by atoms with Gasteiger partial charge in [-0.25, -0.2) is 4.99 Å². The Balaban J connectivity index is 0.00000144. The monoisotopic (exact) mass is 362 g/mol. The van der Waals surface area contributed by atoms with Gasteiger partial charge in [0, 0.05) is 36.3 Å².